The second kappa shape index (κ2) is 12.9. The molecule has 9 heteroatoms. The van der Waals surface area contributed by atoms with E-state index in [1.165, 1.54) is 17.0 Å². The standard InChI is InChI=1S/C29H34ClN3O4S/c1-5-27(29(35)31-6-2)32(19-23-12-14-24(30)15-13-23)28(34)20-33(25-9-7-8-22(4)18-25)38(36,37)26-16-10-21(3)11-17-26/h7-18,27H,5-6,19-20H2,1-4H3,(H,31,35)/t27-/m1/s1. The molecule has 3 aromatic carbocycles. The van der Waals surface area contributed by atoms with E-state index in [9.17, 15) is 18.0 Å². The SMILES string of the molecule is CCNC(=O)[C@@H](CC)N(Cc1ccc(Cl)cc1)C(=O)CN(c1cccc(C)c1)S(=O)(=O)c1ccc(C)cc1. The summed E-state index contributed by atoms with van der Waals surface area (Å²) in [6.45, 7) is 7.43. The summed E-state index contributed by atoms with van der Waals surface area (Å²) in [5, 5.41) is 3.35. The van der Waals surface area contributed by atoms with Crippen LogP contribution in [0.3, 0.4) is 0 Å². The molecule has 0 aliphatic heterocycles. The Bertz CT molecular complexity index is 1360. The van der Waals surface area contributed by atoms with E-state index in [4.69, 9.17) is 11.6 Å². The number of carbonyl (C=O) groups excluding carboxylic acids is 2. The molecule has 0 saturated carbocycles. The molecule has 38 heavy (non-hydrogen) atoms. The maximum absolute atomic E-state index is 13.9. The van der Waals surface area contributed by atoms with Crippen LogP contribution in [-0.2, 0) is 26.2 Å². The van der Waals surface area contributed by atoms with E-state index in [0.29, 0.717) is 23.7 Å². The normalized spacial score (nSPS) is 12.0. The lowest BCUT2D eigenvalue weighted by molar-refractivity contribution is -0.140. The zero-order chi connectivity index (χ0) is 27.9. The molecule has 0 heterocycles. The highest BCUT2D eigenvalue weighted by atomic mass is 35.5. The van der Waals surface area contributed by atoms with Crippen LogP contribution in [0, 0.1) is 13.8 Å². The van der Waals surface area contributed by atoms with Crippen molar-refractivity contribution in [3.05, 3.63) is 94.5 Å². The van der Waals surface area contributed by atoms with Gasteiger partial charge in [-0.05, 0) is 74.7 Å². The minimum atomic E-state index is -4.09. The fraction of sp³-hybridized carbons (Fsp3) is 0.310. The summed E-state index contributed by atoms with van der Waals surface area (Å²) < 4.78 is 28.8. The number of amides is 2. The predicted molar refractivity (Wildman–Crippen MR) is 152 cm³/mol. The van der Waals surface area contributed by atoms with Crippen molar-refractivity contribution in [3.63, 3.8) is 0 Å². The smallest absolute Gasteiger partial charge is 0.264 e. The summed E-state index contributed by atoms with van der Waals surface area (Å²) in [4.78, 5) is 28.4. The van der Waals surface area contributed by atoms with Crippen LogP contribution in [0.1, 0.15) is 37.0 Å². The Morgan fingerprint density at radius 2 is 1.58 bits per heavy atom. The van der Waals surface area contributed by atoms with E-state index < -0.39 is 28.5 Å². The summed E-state index contributed by atoms with van der Waals surface area (Å²) in [6, 6.07) is 19.7. The van der Waals surface area contributed by atoms with Crippen molar-refractivity contribution in [2.45, 2.75) is 51.6 Å². The Labute approximate surface area is 230 Å². The van der Waals surface area contributed by atoms with Gasteiger partial charge in [-0.1, -0.05) is 60.5 Å². The van der Waals surface area contributed by atoms with Crippen molar-refractivity contribution in [2.75, 3.05) is 17.4 Å². The Balaban J connectivity index is 2.05. The predicted octanol–water partition coefficient (Wildman–Crippen LogP) is 5.10. The Morgan fingerprint density at radius 1 is 0.921 bits per heavy atom. The first-order valence-electron chi connectivity index (χ1n) is 12.5. The molecule has 0 aliphatic rings. The summed E-state index contributed by atoms with van der Waals surface area (Å²) in [7, 11) is -4.09. The van der Waals surface area contributed by atoms with Gasteiger partial charge in [0.25, 0.3) is 10.0 Å². The van der Waals surface area contributed by atoms with Crippen LogP contribution >= 0.6 is 11.6 Å². The van der Waals surface area contributed by atoms with Gasteiger partial charge in [0.2, 0.25) is 11.8 Å². The van der Waals surface area contributed by atoms with Crippen LogP contribution in [-0.4, -0.2) is 44.3 Å². The van der Waals surface area contributed by atoms with Gasteiger partial charge in [0, 0.05) is 18.1 Å². The van der Waals surface area contributed by atoms with Gasteiger partial charge < -0.3 is 10.2 Å². The summed E-state index contributed by atoms with van der Waals surface area (Å²) >= 11 is 6.04. The number of nitrogens with zero attached hydrogens (tertiary/aromatic N) is 2. The fourth-order valence-corrected chi connectivity index (χ4v) is 5.68. The number of hydrogen-bond acceptors (Lipinski definition) is 4. The molecule has 202 valence electrons. The second-order valence-corrected chi connectivity index (χ2v) is 11.4. The molecular weight excluding hydrogens is 522 g/mol. The van der Waals surface area contributed by atoms with Gasteiger partial charge in [-0.15, -0.1) is 0 Å². The third-order valence-corrected chi connectivity index (χ3v) is 8.22. The minimum Gasteiger partial charge on any atom is -0.355 e. The number of benzene rings is 3. The Hall–Kier alpha value is -3.36. The molecule has 0 fully saturated rings. The molecule has 1 N–H and O–H groups in total. The minimum absolute atomic E-state index is 0.0809. The topological polar surface area (TPSA) is 86.8 Å². The molecule has 0 unspecified atom stereocenters. The van der Waals surface area contributed by atoms with Gasteiger partial charge in [-0.2, -0.15) is 0 Å². The van der Waals surface area contributed by atoms with E-state index >= 15 is 0 Å². The number of rotatable bonds is 11. The lowest BCUT2D eigenvalue weighted by Crippen LogP contribution is -2.52. The quantitative estimate of drug-likeness (QED) is 0.357. The van der Waals surface area contributed by atoms with Crippen LogP contribution in [0.25, 0.3) is 0 Å². The van der Waals surface area contributed by atoms with Crippen molar-refractivity contribution < 1.29 is 18.0 Å². The van der Waals surface area contributed by atoms with Gasteiger partial charge in [-0.25, -0.2) is 8.42 Å². The van der Waals surface area contributed by atoms with E-state index in [-0.39, 0.29) is 17.3 Å². The average Bonchev–Trinajstić information content (AvgIpc) is 2.88. The van der Waals surface area contributed by atoms with Crippen molar-refractivity contribution in [1.29, 1.82) is 0 Å². The number of carbonyl (C=O) groups is 2. The average molecular weight is 556 g/mol. The molecule has 0 aromatic heterocycles. The molecular formula is C29H34ClN3O4S. The van der Waals surface area contributed by atoms with Gasteiger partial charge >= 0.3 is 0 Å². The number of hydrogen-bond donors (Lipinski definition) is 1. The molecule has 0 aliphatic carbocycles. The number of likely N-dealkylation sites (N-methyl/N-ethyl adjacent to an activating group) is 1. The van der Waals surface area contributed by atoms with E-state index in [2.05, 4.69) is 5.32 Å². The summed E-state index contributed by atoms with van der Waals surface area (Å²) in [5.41, 5.74) is 2.92. The molecule has 0 bridgehead atoms. The second-order valence-electron chi connectivity index (χ2n) is 9.13. The van der Waals surface area contributed by atoms with Crippen LogP contribution in [0.4, 0.5) is 5.69 Å². The molecule has 0 saturated heterocycles. The fourth-order valence-electron chi connectivity index (χ4n) is 4.15. The largest absolute Gasteiger partial charge is 0.355 e. The van der Waals surface area contributed by atoms with Crippen molar-refractivity contribution in [2.24, 2.45) is 0 Å². The van der Waals surface area contributed by atoms with E-state index in [1.54, 1.807) is 54.6 Å². The zero-order valence-electron chi connectivity index (χ0n) is 22.1. The van der Waals surface area contributed by atoms with Crippen molar-refractivity contribution in [1.82, 2.24) is 10.2 Å². The van der Waals surface area contributed by atoms with Gasteiger partial charge in [0.05, 0.1) is 10.6 Å². The maximum atomic E-state index is 13.9. The first-order valence-corrected chi connectivity index (χ1v) is 14.4. The third-order valence-electron chi connectivity index (χ3n) is 6.18. The molecule has 1 atom stereocenters. The van der Waals surface area contributed by atoms with Crippen LogP contribution < -0.4 is 9.62 Å². The Morgan fingerprint density at radius 3 is 2.16 bits per heavy atom. The highest BCUT2D eigenvalue weighted by Crippen LogP contribution is 2.26. The van der Waals surface area contributed by atoms with Gasteiger partial charge in [0.15, 0.2) is 0 Å². The van der Waals surface area contributed by atoms with Crippen molar-refractivity contribution in [3.8, 4) is 0 Å². The highest BCUT2D eigenvalue weighted by molar-refractivity contribution is 7.92. The number of sulfonamides is 1. The monoisotopic (exact) mass is 555 g/mol. The molecule has 0 radical (unpaired) electrons. The zero-order valence-corrected chi connectivity index (χ0v) is 23.7. The number of anilines is 1. The molecule has 2 amide bonds. The van der Waals surface area contributed by atoms with Gasteiger partial charge in [0.1, 0.15) is 12.6 Å². The first-order chi connectivity index (χ1) is 18.1. The number of nitrogens with one attached hydrogen (secondary N) is 1. The number of halogens is 1. The van der Waals surface area contributed by atoms with Gasteiger partial charge in [-0.3, -0.25) is 13.9 Å². The highest BCUT2D eigenvalue weighted by Gasteiger charge is 2.33. The molecule has 0 spiro atoms. The first kappa shape index (κ1) is 29.2. The van der Waals surface area contributed by atoms with Crippen LogP contribution in [0.15, 0.2) is 77.7 Å². The lowest BCUT2D eigenvalue weighted by atomic mass is 10.1. The van der Waals surface area contributed by atoms with E-state index in [0.717, 1.165) is 21.0 Å². The Kier molecular flexibility index (Phi) is 9.94. The molecule has 3 rings (SSSR count). The maximum Gasteiger partial charge on any atom is 0.264 e. The lowest BCUT2D eigenvalue weighted by Gasteiger charge is -2.33. The summed E-state index contributed by atoms with van der Waals surface area (Å²) in [6.07, 6.45) is 0.361. The van der Waals surface area contributed by atoms with E-state index in [1.807, 2.05) is 33.8 Å². The van der Waals surface area contributed by atoms with Crippen LogP contribution in [0.2, 0.25) is 5.02 Å². The third kappa shape index (κ3) is 7.14. The molecule has 7 nitrogen and oxygen atoms in total. The summed E-state index contributed by atoms with van der Waals surface area (Å²) in [5.74, 6) is -0.781. The molecule has 3 aromatic rings. The van der Waals surface area contributed by atoms with Crippen LogP contribution in [0.5, 0.6) is 0 Å². The number of aryl methyl sites for hydroxylation is 2. The van der Waals surface area contributed by atoms with Crippen molar-refractivity contribution >= 4 is 39.1 Å².